The fraction of sp³-hybridized carbons (Fsp3) is 0.294. The van der Waals surface area contributed by atoms with Gasteiger partial charge in [-0.15, -0.1) is 0 Å². The molecule has 0 aliphatic heterocycles. The average Bonchev–Trinajstić information content (AvgIpc) is 3.04. The lowest BCUT2D eigenvalue weighted by Crippen LogP contribution is -2.29. The van der Waals surface area contributed by atoms with E-state index in [4.69, 9.17) is 0 Å². The van der Waals surface area contributed by atoms with E-state index >= 15 is 0 Å². The Morgan fingerprint density at radius 3 is 2.62 bits per heavy atom. The van der Waals surface area contributed by atoms with E-state index in [2.05, 4.69) is 25.7 Å². The smallest absolute Gasteiger partial charge is 0.272 e. The van der Waals surface area contributed by atoms with Crippen molar-refractivity contribution < 1.29 is 4.79 Å². The van der Waals surface area contributed by atoms with Gasteiger partial charge < -0.3 is 5.32 Å². The van der Waals surface area contributed by atoms with Gasteiger partial charge in [-0.25, -0.2) is 5.10 Å². The van der Waals surface area contributed by atoms with E-state index < -0.39 is 0 Å². The second kappa shape index (κ2) is 6.66. The van der Waals surface area contributed by atoms with Crippen LogP contribution in [0.3, 0.4) is 0 Å². The van der Waals surface area contributed by atoms with Crippen LogP contribution in [0.15, 0.2) is 29.1 Å². The van der Waals surface area contributed by atoms with E-state index in [-0.39, 0.29) is 18.0 Å². The third kappa shape index (κ3) is 2.80. The van der Waals surface area contributed by atoms with Crippen molar-refractivity contribution in [3.8, 4) is 0 Å². The van der Waals surface area contributed by atoms with Gasteiger partial charge in [0.2, 0.25) is 0 Å². The van der Waals surface area contributed by atoms with Crippen LogP contribution in [0.5, 0.6) is 0 Å². The molecule has 0 atom stereocenters. The van der Waals surface area contributed by atoms with Crippen LogP contribution >= 0.6 is 0 Å². The minimum Gasteiger partial charge on any atom is -0.346 e. The zero-order valence-corrected chi connectivity index (χ0v) is 13.6. The monoisotopic (exact) mass is 325 g/mol. The molecule has 2 aromatic heterocycles. The molecule has 2 heterocycles. The fourth-order valence-corrected chi connectivity index (χ4v) is 2.85. The highest BCUT2D eigenvalue weighted by atomic mass is 16.2. The number of nitrogens with one attached hydrogen (secondary N) is 3. The Hall–Kier alpha value is -2.96. The van der Waals surface area contributed by atoms with Crippen LogP contribution in [0.1, 0.15) is 41.2 Å². The zero-order chi connectivity index (χ0) is 17.1. The Kier molecular flexibility index (Phi) is 4.41. The molecule has 1 amide bonds. The molecule has 0 spiro atoms. The highest BCUT2D eigenvalue weighted by Crippen LogP contribution is 2.15. The van der Waals surface area contributed by atoms with Gasteiger partial charge in [-0.3, -0.25) is 14.7 Å². The first-order chi connectivity index (χ1) is 11.7. The van der Waals surface area contributed by atoms with E-state index in [1.807, 2.05) is 38.1 Å². The number of nitrogens with zero attached hydrogens (tertiary/aromatic N) is 2. The maximum Gasteiger partial charge on any atom is 0.272 e. The molecular weight excluding hydrogens is 306 g/mol. The van der Waals surface area contributed by atoms with Crippen molar-refractivity contribution >= 4 is 16.8 Å². The summed E-state index contributed by atoms with van der Waals surface area (Å²) in [6.45, 7) is 4.11. The van der Waals surface area contributed by atoms with Gasteiger partial charge in [0.05, 0.1) is 11.2 Å². The molecule has 3 N–H and O–H groups in total. The number of H-pyrrole nitrogens is 2. The van der Waals surface area contributed by atoms with Crippen LogP contribution in [0.25, 0.3) is 10.9 Å². The number of fused-ring (bicyclic) bond motifs is 1. The van der Waals surface area contributed by atoms with Crippen LogP contribution in [-0.4, -0.2) is 26.3 Å². The van der Waals surface area contributed by atoms with Gasteiger partial charge >= 0.3 is 0 Å². The van der Waals surface area contributed by atoms with Crippen molar-refractivity contribution in [2.45, 2.75) is 33.2 Å². The van der Waals surface area contributed by atoms with E-state index in [9.17, 15) is 9.59 Å². The lowest BCUT2D eigenvalue weighted by Gasteiger charge is -2.11. The molecule has 0 unspecified atom stereocenters. The molecule has 24 heavy (non-hydrogen) atoms. The van der Waals surface area contributed by atoms with Gasteiger partial charge in [-0.1, -0.05) is 32.0 Å². The Morgan fingerprint density at radius 1 is 1.08 bits per heavy atom. The molecule has 0 bridgehead atoms. The molecule has 0 aliphatic carbocycles. The van der Waals surface area contributed by atoms with Crippen LogP contribution in [0.4, 0.5) is 0 Å². The number of aromatic nitrogens is 4. The summed E-state index contributed by atoms with van der Waals surface area (Å²) < 4.78 is 0. The van der Waals surface area contributed by atoms with Gasteiger partial charge in [0.15, 0.2) is 5.69 Å². The van der Waals surface area contributed by atoms with E-state index in [1.54, 1.807) is 0 Å². The summed E-state index contributed by atoms with van der Waals surface area (Å²) >= 11 is 0. The number of aromatic amines is 2. The van der Waals surface area contributed by atoms with Crippen LogP contribution < -0.4 is 10.9 Å². The van der Waals surface area contributed by atoms with E-state index in [1.165, 1.54) is 0 Å². The summed E-state index contributed by atoms with van der Waals surface area (Å²) in [4.78, 5) is 24.5. The van der Waals surface area contributed by atoms with Gasteiger partial charge in [-0.2, -0.15) is 10.2 Å². The van der Waals surface area contributed by atoms with Crippen molar-refractivity contribution in [3.63, 3.8) is 0 Å². The number of amides is 1. The first-order valence-electron chi connectivity index (χ1n) is 7.96. The summed E-state index contributed by atoms with van der Waals surface area (Å²) in [5, 5.41) is 17.0. The number of carbonyl (C=O) groups excluding carboxylic acids is 1. The number of hydrogen-bond acceptors (Lipinski definition) is 4. The van der Waals surface area contributed by atoms with E-state index in [0.717, 1.165) is 28.6 Å². The summed E-state index contributed by atoms with van der Waals surface area (Å²) in [7, 11) is 0. The van der Waals surface area contributed by atoms with E-state index in [0.29, 0.717) is 17.7 Å². The molecule has 0 aliphatic rings. The average molecular weight is 325 g/mol. The number of aryl methyl sites for hydroxylation is 1. The van der Waals surface area contributed by atoms with Crippen molar-refractivity contribution in [2.75, 3.05) is 0 Å². The molecule has 3 aromatic rings. The Bertz CT molecular complexity index is 942. The van der Waals surface area contributed by atoms with Crippen molar-refractivity contribution in [3.05, 3.63) is 57.1 Å². The minimum atomic E-state index is -0.316. The minimum absolute atomic E-state index is 0.147. The van der Waals surface area contributed by atoms with Gasteiger partial charge in [0, 0.05) is 17.5 Å². The van der Waals surface area contributed by atoms with Crippen LogP contribution in [0.2, 0.25) is 0 Å². The molecule has 0 fully saturated rings. The van der Waals surface area contributed by atoms with Crippen molar-refractivity contribution in [1.82, 2.24) is 25.7 Å². The first-order valence-corrected chi connectivity index (χ1v) is 7.96. The molecule has 0 radical (unpaired) electrons. The lowest BCUT2D eigenvalue weighted by atomic mass is 10.0. The molecule has 1 aromatic carbocycles. The second-order valence-electron chi connectivity index (χ2n) is 5.46. The maximum absolute atomic E-state index is 12.4. The highest BCUT2D eigenvalue weighted by Gasteiger charge is 2.16. The molecular formula is C17H19N5O2. The number of benzene rings is 1. The zero-order valence-electron chi connectivity index (χ0n) is 13.6. The first kappa shape index (κ1) is 15.9. The normalized spacial score (nSPS) is 10.9. The van der Waals surface area contributed by atoms with Crippen molar-refractivity contribution in [2.24, 2.45) is 0 Å². The number of hydrogen-bond donors (Lipinski definition) is 3. The summed E-state index contributed by atoms with van der Waals surface area (Å²) in [6, 6.07) is 7.42. The number of para-hydroxylation sites is 1. The molecule has 7 heteroatoms. The fourth-order valence-electron chi connectivity index (χ4n) is 2.85. The second-order valence-corrected chi connectivity index (χ2v) is 5.46. The van der Waals surface area contributed by atoms with Gasteiger partial charge in [0.25, 0.3) is 11.5 Å². The molecule has 0 saturated carbocycles. The number of rotatable bonds is 5. The third-order valence-electron chi connectivity index (χ3n) is 4.08. The highest BCUT2D eigenvalue weighted by molar-refractivity contribution is 6.04. The summed E-state index contributed by atoms with van der Waals surface area (Å²) in [5.41, 5.74) is 3.16. The predicted octanol–water partition coefficient (Wildman–Crippen LogP) is 1.70. The Labute approximate surface area is 138 Å². The third-order valence-corrected chi connectivity index (χ3v) is 4.08. The SMILES string of the molecule is CCc1n[nH]c(=O)c(CNC(=O)c2n[nH]c3ccccc23)c1CC. The largest absolute Gasteiger partial charge is 0.346 e. The molecule has 3 rings (SSSR count). The van der Waals surface area contributed by atoms with Crippen LogP contribution in [0, 0.1) is 0 Å². The quantitative estimate of drug-likeness (QED) is 0.664. The Balaban J connectivity index is 1.86. The standard InChI is InChI=1S/C17H19N5O2/c1-3-10-12(16(23)22-19-13(10)4-2)9-18-17(24)15-11-7-5-6-8-14(11)20-21-15/h5-8H,3-4,9H2,1-2H3,(H,18,24)(H,20,21)(H,22,23). The lowest BCUT2D eigenvalue weighted by molar-refractivity contribution is 0.0947. The van der Waals surface area contributed by atoms with Crippen LogP contribution in [-0.2, 0) is 19.4 Å². The topological polar surface area (TPSA) is 104 Å². The maximum atomic E-state index is 12.4. The molecule has 0 saturated heterocycles. The Morgan fingerprint density at radius 2 is 1.88 bits per heavy atom. The van der Waals surface area contributed by atoms with Gasteiger partial charge in [-0.05, 0) is 24.5 Å². The molecule has 124 valence electrons. The molecule has 7 nitrogen and oxygen atoms in total. The number of carbonyl (C=O) groups is 1. The predicted molar refractivity (Wildman–Crippen MR) is 90.9 cm³/mol. The summed E-state index contributed by atoms with van der Waals surface area (Å²) in [5.74, 6) is -0.316. The van der Waals surface area contributed by atoms with Crippen molar-refractivity contribution in [1.29, 1.82) is 0 Å². The van der Waals surface area contributed by atoms with Gasteiger partial charge in [0.1, 0.15) is 0 Å². The summed E-state index contributed by atoms with van der Waals surface area (Å²) in [6.07, 6.45) is 1.42.